The van der Waals surface area contributed by atoms with Gasteiger partial charge in [-0.3, -0.25) is 9.59 Å². The molecule has 1 unspecified atom stereocenters. The summed E-state index contributed by atoms with van der Waals surface area (Å²) in [5, 5.41) is 0. The number of fused-ring (bicyclic) bond motifs is 1. The number of ketones is 1. The molecule has 0 N–H and O–H groups in total. The molecule has 0 aliphatic carbocycles. The van der Waals surface area contributed by atoms with Gasteiger partial charge in [0.1, 0.15) is 11.5 Å². The molecule has 0 aromatic heterocycles. The van der Waals surface area contributed by atoms with E-state index in [1.807, 2.05) is 23.1 Å². The molecule has 1 atom stereocenters. The highest BCUT2D eigenvalue weighted by molar-refractivity contribution is 5.95. The van der Waals surface area contributed by atoms with Crippen LogP contribution in [0.5, 0.6) is 5.75 Å². The van der Waals surface area contributed by atoms with Crippen LogP contribution in [0, 0.1) is 0 Å². The van der Waals surface area contributed by atoms with Gasteiger partial charge in [-0.15, -0.1) is 0 Å². The molecule has 1 aromatic carbocycles. The van der Waals surface area contributed by atoms with Crippen LogP contribution in [0.4, 0.5) is 0 Å². The lowest BCUT2D eigenvalue weighted by molar-refractivity contribution is -0.117. The van der Waals surface area contributed by atoms with Gasteiger partial charge in [-0.2, -0.15) is 0 Å². The summed E-state index contributed by atoms with van der Waals surface area (Å²) >= 11 is 0. The molecule has 0 radical (unpaired) electrons. The molecular formula is C16H19NO3. The Hall–Kier alpha value is -1.84. The molecule has 20 heavy (non-hydrogen) atoms. The molecular weight excluding hydrogens is 254 g/mol. The first-order valence-electron chi connectivity index (χ1n) is 7.21. The van der Waals surface area contributed by atoms with Crippen molar-refractivity contribution in [2.45, 2.75) is 38.6 Å². The van der Waals surface area contributed by atoms with E-state index < -0.39 is 0 Å². The second kappa shape index (κ2) is 5.27. The minimum atomic E-state index is 0.0449. The topological polar surface area (TPSA) is 46.6 Å². The predicted molar refractivity (Wildman–Crippen MR) is 75.0 cm³/mol. The normalized spacial score (nSPS) is 20.6. The number of benzene rings is 1. The number of likely N-dealkylation sites (tertiary alicyclic amines) is 1. The zero-order chi connectivity index (χ0) is 14.1. The molecule has 1 fully saturated rings. The fourth-order valence-electron chi connectivity index (χ4n) is 3.13. The van der Waals surface area contributed by atoms with E-state index in [1.165, 1.54) is 0 Å². The van der Waals surface area contributed by atoms with Crippen molar-refractivity contribution >= 4 is 11.7 Å². The minimum Gasteiger partial charge on any atom is -0.493 e. The van der Waals surface area contributed by atoms with Crippen LogP contribution in [-0.2, 0) is 11.2 Å². The fourth-order valence-corrected chi connectivity index (χ4v) is 3.13. The number of hydrogen-bond donors (Lipinski definition) is 0. The molecule has 2 heterocycles. The third-order valence-electron chi connectivity index (χ3n) is 4.10. The van der Waals surface area contributed by atoms with E-state index in [2.05, 4.69) is 0 Å². The van der Waals surface area contributed by atoms with Gasteiger partial charge >= 0.3 is 0 Å². The number of carbonyl (C=O) groups excluding carboxylic acids is 2. The molecule has 4 nitrogen and oxygen atoms in total. The lowest BCUT2D eigenvalue weighted by Crippen LogP contribution is -2.36. The maximum Gasteiger partial charge on any atom is 0.254 e. The van der Waals surface area contributed by atoms with Crippen LogP contribution in [0.3, 0.4) is 0 Å². The first kappa shape index (κ1) is 13.2. The first-order chi connectivity index (χ1) is 9.65. The maximum atomic E-state index is 12.6. The van der Waals surface area contributed by atoms with Crippen LogP contribution in [0.2, 0.25) is 0 Å². The quantitative estimate of drug-likeness (QED) is 0.848. The number of amides is 1. The highest BCUT2D eigenvalue weighted by atomic mass is 16.5. The van der Waals surface area contributed by atoms with Crippen LogP contribution in [-0.4, -0.2) is 35.8 Å². The Morgan fingerprint density at radius 2 is 2.25 bits per heavy atom. The average molecular weight is 273 g/mol. The van der Waals surface area contributed by atoms with Gasteiger partial charge in [-0.25, -0.2) is 0 Å². The zero-order valence-electron chi connectivity index (χ0n) is 11.7. The van der Waals surface area contributed by atoms with Crippen LogP contribution in [0.1, 0.15) is 42.1 Å². The number of carbonyl (C=O) groups is 2. The highest BCUT2D eigenvalue weighted by Gasteiger charge is 2.30. The van der Waals surface area contributed by atoms with E-state index in [0.29, 0.717) is 18.6 Å². The number of ether oxygens (including phenoxy) is 1. The average Bonchev–Trinajstić information content (AvgIpc) is 3.04. The molecule has 2 aliphatic rings. The molecule has 0 bridgehead atoms. The zero-order valence-corrected chi connectivity index (χ0v) is 11.7. The summed E-state index contributed by atoms with van der Waals surface area (Å²) in [7, 11) is 0. The molecule has 1 aromatic rings. The summed E-state index contributed by atoms with van der Waals surface area (Å²) in [5.74, 6) is 1.09. The Labute approximate surface area is 118 Å². The van der Waals surface area contributed by atoms with E-state index in [1.54, 1.807) is 6.92 Å². The molecule has 4 heteroatoms. The lowest BCUT2D eigenvalue weighted by Gasteiger charge is -2.24. The second-order valence-electron chi connectivity index (χ2n) is 5.62. The van der Waals surface area contributed by atoms with Crippen LogP contribution in [0.25, 0.3) is 0 Å². The fraction of sp³-hybridized carbons (Fsp3) is 0.500. The Bertz CT molecular complexity index is 553. The van der Waals surface area contributed by atoms with E-state index >= 15 is 0 Å². The van der Waals surface area contributed by atoms with Gasteiger partial charge in [0.2, 0.25) is 0 Å². The van der Waals surface area contributed by atoms with Crippen molar-refractivity contribution in [3.63, 3.8) is 0 Å². The molecule has 2 aliphatic heterocycles. The third kappa shape index (κ3) is 2.42. The standard InChI is InChI=1S/C16H19NO3/c1-11(18)9-14-3-2-7-17(14)16(19)13-4-5-15-12(10-13)6-8-20-15/h4-5,10,14H,2-3,6-9H2,1H3. The van der Waals surface area contributed by atoms with Gasteiger partial charge < -0.3 is 9.64 Å². The van der Waals surface area contributed by atoms with E-state index in [0.717, 1.165) is 37.1 Å². The predicted octanol–water partition coefficient (Wildman–Crippen LogP) is 2.21. The van der Waals surface area contributed by atoms with Crippen molar-refractivity contribution in [1.29, 1.82) is 0 Å². The molecule has 3 rings (SSSR count). The Kier molecular flexibility index (Phi) is 3.47. The summed E-state index contributed by atoms with van der Waals surface area (Å²) < 4.78 is 5.46. The van der Waals surface area contributed by atoms with Gasteiger partial charge in [0.25, 0.3) is 5.91 Å². The summed E-state index contributed by atoms with van der Waals surface area (Å²) in [6, 6.07) is 5.72. The summed E-state index contributed by atoms with van der Waals surface area (Å²) in [5.41, 5.74) is 1.82. The van der Waals surface area contributed by atoms with Gasteiger partial charge in [-0.1, -0.05) is 0 Å². The number of nitrogens with zero attached hydrogens (tertiary/aromatic N) is 1. The third-order valence-corrected chi connectivity index (χ3v) is 4.10. The van der Waals surface area contributed by atoms with Crippen LogP contribution in [0.15, 0.2) is 18.2 Å². The molecule has 0 spiro atoms. The van der Waals surface area contributed by atoms with Gasteiger partial charge in [0.15, 0.2) is 0 Å². The smallest absolute Gasteiger partial charge is 0.254 e. The first-order valence-corrected chi connectivity index (χ1v) is 7.21. The van der Waals surface area contributed by atoms with Crippen molar-refractivity contribution in [1.82, 2.24) is 4.90 Å². The van der Waals surface area contributed by atoms with Crippen LogP contribution >= 0.6 is 0 Å². The Morgan fingerprint density at radius 1 is 1.40 bits per heavy atom. The van der Waals surface area contributed by atoms with Crippen molar-refractivity contribution in [3.05, 3.63) is 29.3 Å². The van der Waals surface area contributed by atoms with Crippen molar-refractivity contribution in [2.24, 2.45) is 0 Å². The number of Topliss-reactive ketones (excluding diaryl/α,β-unsaturated/α-hetero) is 1. The maximum absolute atomic E-state index is 12.6. The van der Waals surface area contributed by atoms with Gasteiger partial charge in [-0.05, 0) is 43.5 Å². The Morgan fingerprint density at radius 3 is 3.05 bits per heavy atom. The van der Waals surface area contributed by atoms with Crippen molar-refractivity contribution in [2.75, 3.05) is 13.2 Å². The lowest BCUT2D eigenvalue weighted by atomic mass is 10.1. The molecule has 106 valence electrons. The van der Waals surface area contributed by atoms with Crippen molar-refractivity contribution in [3.8, 4) is 5.75 Å². The molecule has 1 saturated heterocycles. The SMILES string of the molecule is CC(=O)CC1CCCN1C(=O)c1ccc2c(c1)CCO2. The minimum absolute atomic E-state index is 0.0449. The Balaban J connectivity index is 1.79. The number of rotatable bonds is 3. The second-order valence-corrected chi connectivity index (χ2v) is 5.62. The highest BCUT2D eigenvalue weighted by Crippen LogP contribution is 2.28. The van der Waals surface area contributed by atoms with Crippen molar-refractivity contribution < 1.29 is 14.3 Å². The molecule has 0 saturated carbocycles. The van der Waals surface area contributed by atoms with E-state index in [4.69, 9.17) is 4.74 Å². The largest absolute Gasteiger partial charge is 0.493 e. The molecule has 1 amide bonds. The van der Waals surface area contributed by atoms with Gasteiger partial charge in [0.05, 0.1) is 6.61 Å². The van der Waals surface area contributed by atoms with Gasteiger partial charge in [0, 0.05) is 31.0 Å². The summed E-state index contributed by atoms with van der Waals surface area (Å²) in [4.78, 5) is 25.8. The van der Waals surface area contributed by atoms with Crippen LogP contribution < -0.4 is 4.74 Å². The summed E-state index contributed by atoms with van der Waals surface area (Å²) in [6.45, 7) is 3.04. The number of hydrogen-bond acceptors (Lipinski definition) is 3. The summed E-state index contributed by atoms with van der Waals surface area (Å²) in [6.07, 6.45) is 3.25. The van der Waals surface area contributed by atoms with E-state index in [-0.39, 0.29) is 17.7 Å². The monoisotopic (exact) mass is 273 g/mol. The van der Waals surface area contributed by atoms with E-state index in [9.17, 15) is 9.59 Å².